The maximum Gasteiger partial charge on any atom is 0.306 e. The lowest BCUT2D eigenvalue weighted by atomic mass is 10.1. The molecular formula is C46H82NO9P. The van der Waals surface area contributed by atoms with Gasteiger partial charge >= 0.3 is 11.9 Å². The van der Waals surface area contributed by atoms with Crippen LogP contribution in [-0.4, -0.2) is 81.2 Å². The van der Waals surface area contributed by atoms with E-state index in [9.17, 15) is 24.2 Å². The summed E-state index contributed by atoms with van der Waals surface area (Å²) < 4.78 is 33.8. The van der Waals surface area contributed by atoms with E-state index in [0.717, 1.165) is 64.2 Å². The quantitative estimate of drug-likeness (QED) is 0.0161. The molecule has 0 spiro atoms. The summed E-state index contributed by atoms with van der Waals surface area (Å²) >= 11 is 0. The first-order valence-electron chi connectivity index (χ1n) is 22.1. The van der Waals surface area contributed by atoms with Crippen LogP contribution >= 0.6 is 7.82 Å². The van der Waals surface area contributed by atoms with E-state index < -0.39 is 32.5 Å². The van der Waals surface area contributed by atoms with Crippen LogP contribution in [0.2, 0.25) is 0 Å². The molecule has 0 heterocycles. The van der Waals surface area contributed by atoms with Crippen molar-refractivity contribution in [3.63, 3.8) is 0 Å². The maximum atomic E-state index is 12.7. The number of likely N-dealkylation sites (N-methyl/N-ethyl adjacent to an activating group) is 1. The smallest absolute Gasteiger partial charge is 0.306 e. The molecule has 0 aromatic heterocycles. The average Bonchev–Trinajstić information content (AvgIpc) is 3.15. The first-order valence-corrected chi connectivity index (χ1v) is 23.6. The van der Waals surface area contributed by atoms with E-state index in [1.165, 1.54) is 51.4 Å². The lowest BCUT2D eigenvalue weighted by Crippen LogP contribution is -2.37. The minimum atomic E-state index is -4.65. The summed E-state index contributed by atoms with van der Waals surface area (Å²) in [5, 5.41) is 9.90. The number of hydrogen-bond donors (Lipinski definition) is 1. The number of aliphatic hydroxyl groups excluding tert-OH is 1. The molecule has 0 aliphatic carbocycles. The molecule has 0 saturated heterocycles. The van der Waals surface area contributed by atoms with Crippen LogP contribution in [0.4, 0.5) is 0 Å². The summed E-state index contributed by atoms with van der Waals surface area (Å²) in [6.07, 6.45) is 41.5. The van der Waals surface area contributed by atoms with Crippen LogP contribution in [0.5, 0.6) is 0 Å². The molecule has 0 aromatic rings. The predicted octanol–water partition coefficient (Wildman–Crippen LogP) is 10.8. The molecule has 0 aromatic carbocycles. The Balaban J connectivity index is 4.51. The van der Waals surface area contributed by atoms with Crippen LogP contribution in [0.15, 0.2) is 60.8 Å². The van der Waals surface area contributed by atoms with E-state index in [2.05, 4.69) is 38.2 Å². The normalized spacial score (nSPS) is 14.7. The number of carbonyl (C=O) groups is 2. The van der Waals surface area contributed by atoms with E-state index in [0.29, 0.717) is 30.3 Å². The van der Waals surface area contributed by atoms with Gasteiger partial charge in [-0.3, -0.25) is 14.2 Å². The van der Waals surface area contributed by atoms with E-state index in [1.807, 2.05) is 57.6 Å². The fraction of sp³-hybridized carbons (Fsp3) is 0.739. The van der Waals surface area contributed by atoms with Crippen molar-refractivity contribution in [3.05, 3.63) is 60.8 Å². The van der Waals surface area contributed by atoms with Gasteiger partial charge in [-0.2, -0.15) is 0 Å². The molecule has 1 N–H and O–H groups in total. The summed E-state index contributed by atoms with van der Waals surface area (Å²) in [7, 11) is 1.10. The van der Waals surface area contributed by atoms with Gasteiger partial charge in [0.05, 0.1) is 33.9 Å². The molecule has 0 aliphatic heterocycles. The first-order chi connectivity index (χ1) is 27.4. The number of ether oxygens (including phenoxy) is 2. The van der Waals surface area contributed by atoms with Gasteiger partial charge in [0.2, 0.25) is 0 Å². The predicted molar refractivity (Wildman–Crippen MR) is 232 cm³/mol. The molecule has 11 heteroatoms. The molecule has 1 unspecified atom stereocenters. The summed E-state index contributed by atoms with van der Waals surface area (Å²) in [4.78, 5) is 37.5. The standard InChI is InChI=1S/C46H82NO9P/c1-6-8-10-11-12-13-14-15-16-17-20-24-27-30-34-38-46(50)56-44(42-55-57(51,52)54-40-39-47(3,4)5)41-53-45(49)37-33-29-26-23-21-18-19-22-25-28-32-36-43(48)35-31-9-7-2/h13-14,18-19,23,25-26,28,32,36,43-44,48H,6-12,15-17,20-22,24,27,29-31,33-35,37-42H2,1-5H3/b14-13-,19-18-,26-23-,28-25-,36-32+/t43-,44-/m1/s1. The summed E-state index contributed by atoms with van der Waals surface area (Å²) in [6.45, 7) is 3.99. The number of phosphoric ester groups is 1. The van der Waals surface area contributed by atoms with Gasteiger partial charge in [0.25, 0.3) is 7.82 Å². The second kappa shape index (κ2) is 37.9. The van der Waals surface area contributed by atoms with Crippen LogP contribution in [0.1, 0.15) is 162 Å². The molecule has 0 fully saturated rings. The van der Waals surface area contributed by atoms with Crippen molar-refractivity contribution in [1.29, 1.82) is 0 Å². The average molecular weight is 824 g/mol. The third kappa shape index (κ3) is 41.6. The van der Waals surface area contributed by atoms with Crippen LogP contribution in [0, 0.1) is 0 Å². The van der Waals surface area contributed by atoms with Crippen molar-refractivity contribution in [1.82, 2.24) is 0 Å². The monoisotopic (exact) mass is 824 g/mol. The number of quaternary nitrogens is 1. The highest BCUT2D eigenvalue weighted by atomic mass is 31.2. The molecule has 0 saturated carbocycles. The van der Waals surface area contributed by atoms with Gasteiger partial charge in [-0.1, -0.05) is 145 Å². The van der Waals surface area contributed by atoms with E-state index in [1.54, 1.807) is 0 Å². The molecule has 10 nitrogen and oxygen atoms in total. The Morgan fingerprint density at radius 3 is 1.86 bits per heavy atom. The van der Waals surface area contributed by atoms with Crippen molar-refractivity contribution < 1.29 is 47.2 Å². The maximum absolute atomic E-state index is 12.7. The minimum absolute atomic E-state index is 0.0499. The van der Waals surface area contributed by atoms with Crippen molar-refractivity contribution in [3.8, 4) is 0 Å². The highest BCUT2D eigenvalue weighted by Crippen LogP contribution is 2.38. The number of phosphoric acid groups is 1. The third-order valence-electron chi connectivity index (χ3n) is 9.11. The van der Waals surface area contributed by atoms with Crippen LogP contribution in [-0.2, 0) is 32.7 Å². The number of esters is 2. The fourth-order valence-corrected chi connectivity index (χ4v) is 6.30. The zero-order valence-corrected chi connectivity index (χ0v) is 37.5. The molecule has 330 valence electrons. The van der Waals surface area contributed by atoms with Crippen LogP contribution in [0.3, 0.4) is 0 Å². The first kappa shape index (κ1) is 54.7. The Bertz CT molecular complexity index is 1170. The molecule has 0 rings (SSSR count). The minimum Gasteiger partial charge on any atom is -0.756 e. The molecular weight excluding hydrogens is 741 g/mol. The van der Waals surface area contributed by atoms with Crippen molar-refractivity contribution >= 4 is 19.8 Å². The van der Waals surface area contributed by atoms with Gasteiger partial charge in [0.15, 0.2) is 6.10 Å². The SMILES string of the molecule is CCCCCC/C=C\CCCCCCCCCC(=O)O[C@H](COC(=O)CCC/C=C\C/C=C\C/C=C\C=C\[C@H](O)CCCCC)COP(=O)([O-])OCC[N+](C)(C)C. The van der Waals surface area contributed by atoms with Crippen LogP contribution < -0.4 is 4.89 Å². The number of hydrogen-bond acceptors (Lipinski definition) is 9. The number of carbonyl (C=O) groups excluding carboxylic acids is 2. The number of rotatable bonds is 39. The highest BCUT2D eigenvalue weighted by molar-refractivity contribution is 7.45. The van der Waals surface area contributed by atoms with Gasteiger partial charge in [-0.25, -0.2) is 0 Å². The summed E-state index contributed by atoms with van der Waals surface area (Å²) in [6, 6.07) is 0. The lowest BCUT2D eigenvalue weighted by Gasteiger charge is -2.28. The Morgan fingerprint density at radius 2 is 1.19 bits per heavy atom. The number of nitrogens with zero attached hydrogens (tertiary/aromatic N) is 1. The Kier molecular flexibility index (Phi) is 36.4. The van der Waals surface area contributed by atoms with Crippen LogP contribution in [0.25, 0.3) is 0 Å². The Labute approximate surface area is 348 Å². The number of unbranched alkanes of at least 4 members (excludes halogenated alkanes) is 14. The second-order valence-electron chi connectivity index (χ2n) is 15.9. The van der Waals surface area contributed by atoms with E-state index in [-0.39, 0.29) is 32.2 Å². The van der Waals surface area contributed by atoms with E-state index >= 15 is 0 Å². The Hall–Kier alpha value is -2.33. The van der Waals surface area contributed by atoms with Crippen molar-refractivity contribution in [2.24, 2.45) is 0 Å². The molecule has 0 aliphatic rings. The molecule has 0 amide bonds. The van der Waals surface area contributed by atoms with Gasteiger partial charge in [0.1, 0.15) is 19.8 Å². The molecule has 0 bridgehead atoms. The van der Waals surface area contributed by atoms with Crippen molar-refractivity contribution in [2.45, 2.75) is 174 Å². The lowest BCUT2D eigenvalue weighted by molar-refractivity contribution is -0.870. The van der Waals surface area contributed by atoms with Gasteiger partial charge in [0, 0.05) is 12.8 Å². The summed E-state index contributed by atoms with van der Waals surface area (Å²) in [5.74, 6) is -0.936. The second-order valence-corrected chi connectivity index (χ2v) is 17.3. The topological polar surface area (TPSA) is 131 Å². The summed E-state index contributed by atoms with van der Waals surface area (Å²) in [5.41, 5.74) is 0. The van der Waals surface area contributed by atoms with Gasteiger partial charge < -0.3 is 33.0 Å². The Morgan fingerprint density at radius 1 is 0.649 bits per heavy atom. The zero-order valence-electron chi connectivity index (χ0n) is 36.6. The zero-order chi connectivity index (χ0) is 42.3. The molecule has 0 radical (unpaired) electrons. The van der Waals surface area contributed by atoms with Gasteiger partial charge in [-0.15, -0.1) is 0 Å². The number of allylic oxidation sites excluding steroid dienone is 9. The third-order valence-corrected chi connectivity index (χ3v) is 10.1. The fourth-order valence-electron chi connectivity index (χ4n) is 5.57. The van der Waals surface area contributed by atoms with Gasteiger partial charge in [-0.05, 0) is 64.2 Å². The number of aliphatic hydroxyl groups is 1. The van der Waals surface area contributed by atoms with E-state index in [4.69, 9.17) is 18.5 Å². The molecule has 3 atom stereocenters. The largest absolute Gasteiger partial charge is 0.756 e. The highest BCUT2D eigenvalue weighted by Gasteiger charge is 2.21. The molecule has 57 heavy (non-hydrogen) atoms. The van der Waals surface area contributed by atoms with Crippen molar-refractivity contribution in [2.75, 3.05) is 47.5 Å².